The standard InChI is InChI=1S/C17H27IN2/c1-3-5-16-13-20(17(6-4-2)11-19-16)12-14-7-9-15(18)10-8-14/h7-10,16-17,19H,3-6,11-13H2,1-2H3. The molecular formula is C17H27IN2. The van der Waals surface area contributed by atoms with Crippen LogP contribution in [0.15, 0.2) is 24.3 Å². The molecule has 2 atom stereocenters. The number of hydrogen-bond donors (Lipinski definition) is 1. The molecule has 20 heavy (non-hydrogen) atoms. The van der Waals surface area contributed by atoms with Gasteiger partial charge in [0, 0.05) is 35.3 Å². The highest BCUT2D eigenvalue weighted by atomic mass is 127. The van der Waals surface area contributed by atoms with Crippen molar-refractivity contribution in [1.29, 1.82) is 0 Å². The Morgan fingerprint density at radius 3 is 2.50 bits per heavy atom. The average Bonchev–Trinajstić information content (AvgIpc) is 2.45. The molecule has 0 aliphatic carbocycles. The summed E-state index contributed by atoms with van der Waals surface area (Å²) in [5, 5.41) is 3.74. The van der Waals surface area contributed by atoms with Crippen LogP contribution in [0.25, 0.3) is 0 Å². The number of benzene rings is 1. The molecule has 2 rings (SSSR count). The first-order valence-electron chi connectivity index (χ1n) is 7.94. The molecule has 0 bridgehead atoms. The highest BCUT2D eigenvalue weighted by Crippen LogP contribution is 2.18. The van der Waals surface area contributed by atoms with E-state index in [2.05, 4.69) is 70.9 Å². The van der Waals surface area contributed by atoms with Crippen LogP contribution in [0.5, 0.6) is 0 Å². The van der Waals surface area contributed by atoms with Gasteiger partial charge >= 0.3 is 0 Å². The van der Waals surface area contributed by atoms with E-state index >= 15 is 0 Å². The summed E-state index contributed by atoms with van der Waals surface area (Å²) in [4.78, 5) is 2.70. The summed E-state index contributed by atoms with van der Waals surface area (Å²) in [6.45, 7) is 8.03. The van der Waals surface area contributed by atoms with Gasteiger partial charge in [0.2, 0.25) is 0 Å². The third-order valence-corrected chi connectivity index (χ3v) is 4.89. The summed E-state index contributed by atoms with van der Waals surface area (Å²) in [7, 11) is 0. The van der Waals surface area contributed by atoms with Crippen LogP contribution in [0.4, 0.5) is 0 Å². The van der Waals surface area contributed by atoms with Crippen molar-refractivity contribution in [1.82, 2.24) is 10.2 Å². The second-order valence-corrected chi connectivity index (χ2v) is 7.14. The maximum absolute atomic E-state index is 3.74. The first kappa shape index (κ1) is 16.2. The number of halogens is 1. The van der Waals surface area contributed by atoms with E-state index in [1.807, 2.05) is 0 Å². The Kier molecular flexibility index (Phi) is 6.78. The number of hydrogen-bond acceptors (Lipinski definition) is 2. The van der Waals surface area contributed by atoms with Crippen molar-refractivity contribution in [3.63, 3.8) is 0 Å². The van der Waals surface area contributed by atoms with Gasteiger partial charge in [0.1, 0.15) is 0 Å². The van der Waals surface area contributed by atoms with Crippen molar-refractivity contribution in [2.24, 2.45) is 0 Å². The first-order valence-corrected chi connectivity index (χ1v) is 9.02. The SMILES string of the molecule is CCCC1CN(Cc2ccc(I)cc2)C(CCC)CN1. The normalized spacial score (nSPS) is 23.9. The van der Waals surface area contributed by atoms with Gasteiger partial charge < -0.3 is 5.32 Å². The quantitative estimate of drug-likeness (QED) is 0.743. The zero-order valence-corrected chi connectivity index (χ0v) is 14.9. The molecule has 0 amide bonds. The van der Waals surface area contributed by atoms with Crippen LogP contribution in [0.1, 0.15) is 45.1 Å². The second-order valence-electron chi connectivity index (χ2n) is 5.89. The van der Waals surface area contributed by atoms with Gasteiger partial charge in [-0.2, -0.15) is 0 Å². The second kappa shape index (κ2) is 8.35. The Morgan fingerprint density at radius 1 is 1.15 bits per heavy atom. The van der Waals surface area contributed by atoms with Gasteiger partial charge in [0.15, 0.2) is 0 Å². The van der Waals surface area contributed by atoms with Crippen molar-refractivity contribution in [2.45, 2.75) is 58.2 Å². The molecule has 1 aromatic rings. The molecule has 1 saturated heterocycles. The number of piperazine rings is 1. The maximum Gasteiger partial charge on any atom is 0.0237 e. The lowest BCUT2D eigenvalue weighted by atomic mass is 10.0. The molecule has 0 aromatic heterocycles. The van der Waals surface area contributed by atoms with E-state index in [1.165, 1.54) is 41.4 Å². The molecule has 112 valence electrons. The van der Waals surface area contributed by atoms with Crippen LogP contribution in [0, 0.1) is 3.57 Å². The summed E-state index contributed by atoms with van der Waals surface area (Å²) in [6.07, 6.45) is 5.14. The van der Waals surface area contributed by atoms with Crippen LogP contribution in [-0.2, 0) is 6.54 Å². The van der Waals surface area contributed by atoms with Gasteiger partial charge in [0.05, 0.1) is 0 Å². The molecule has 1 aromatic carbocycles. The number of rotatable bonds is 6. The highest BCUT2D eigenvalue weighted by Gasteiger charge is 2.26. The van der Waals surface area contributed by atoms with Crippen molar-refractivity contribution in [3.05, 3.63) is 33.4 Å². The molecule has 3 heteroatoms. The molecule has 1 N–H and O–H groups in total. The molecule has 1 fully saturated rings. The Morgan fingerprint density at radius 2 is 1.85 bits per heavy atom. The van der Waals surface area contributed by atoms with Crippen LogP contribution in [0.2, 0.25) is 0 Å². The van der Waals surface area contributed by atoms with Crippen LogP contribution >= 0.6 is 22.6 Å². The molecule has 0 radical (unpaired) electrons. The zero-order chi connectivity index (χ0) is 14.4. The molecule has 1 heterocycles. The average molecular weight is 386 g/mol. The van der Waals surface area contributed by atoms with E-state index < -0.39 is 0 Å². The molecule has 1 aliphatic heterocycles. The topological polar surface area (TPSA) is 15.3 Å². The highest BCUT2D eigenvalue weighted by molar-refractivity contribution is 14.1. The molecule has 1 aliphatic rings. The minimum Gasteiger partial charge on any atom is -0.311 e. The fourth-order valence-corrected chi connectivity index (χ4v) is 3.47. The van der Waals surface area contributed by atoms with Crippen molar-refractivity contribution >= 4 is 22.6 Å². The molecule has 2 unspecified atom stereocenters. The lowest BCUT2D eigenvalue weighted by molar-refractivity contribution is 0.112. The minimum absolute atomic E-state index is 0.678. The predicted octanol–water partition coefficient (Wildman–Crippen LogP) is 4.03. The van der Waals surface area contributed by atoms with Crippen molar-refractivity contribution < 1.29 is 0 Å². The summed E-state index contributed by atoms with van der Waals surface area (Å²) in [5.74, 6) is 0. The van der Waals surface area contributed by atoms with Gasteiger partial charge in [-0.1, -0.05) is 38.8 Å². The Labute approximate surface area is 137 Å². The van der Waals surface area contributed by atoms with Gasteiger partial charge in [-0.25, -0.2) is 0 Å². The van der Waals surface area contributed by atoms with E-state index in [1.54, 1.807) is 0 Å². The number of nitrogens with zero attached hydrogens (tertiary/aromatic N) is 1. The maximum atomic E-state index is 3.74. The smallest absolute Gasteiger partial charge is 0.0237 e. The van der Waals surface area contributed by atoms with Gasteiger partial charge in [-0.15, -0.1) is 0 Å². The fourth-order valence-electron chi connectivity index (χ4n) is 3.11. The fraction of sp³-hybridized carbons (Fsp3) is 0.647. The van der Waals surface area contributed by atoms with Gasteiger partial charge in [0.25, 0.3) is 0 Å². The number of nitrogens with one attached hydrogen (secondary N) is 1. The van der Waals surface area contributed by atoms with Gasteiger partial charge in [-0.3, -0.25) is 4.90 Å². The van der Waals surface area contributed by atoms with Crippen molar-refractivity contribution in [2.75, 3.05) is 13.1 Å². The lowest BCUT2D eigenvalue weighted by Crippen LogP contribution is -2.55. The van der Waals surface area contributed by atoms with E-state index in [-0.39, 0.29) is 0 Å². The van der Waals surface area contributed by atoms with Gasteiger partial charge in [-0.05, 0) is 53.1 Å². The third-order valence-electron chi connectivity index (χ3n) is 4.17. The largest absolute Gasteiger partial charge is 0.311 e. The summed E-state index contributed by atoms with van der Waals surface area (Å²) < 4.78 is 1.32. The summed E-state index contributed by atoms with van der Waals surface area (Å²) >= 11 is 2.38. The zero-order valence-electron chi connectivity index (χ0n) is 12.7. The first-order chi connectivity index (χ1) is 9.72. The predicted molar refractivity (Wildman–Crippen MR) is 95.0 cm³/mol. The van der Waals surface area contributed by atoms with Crippen molar-refractivity contribution in [3.8, 4) is 0 Å². The van der Waals surface area contributed by atoms with E-state index in [9.17, 15) is 0 Å². The third kappa shape index (κ3) is 4.71. The monoisotopic (exact) mass is 386 g/mol. The Hall–Kier alpha value is -0.130. The minimum atomic E-state index is 0.678. The molecule has 0 saturated carbocycles. The van der Waals surface area contributed by atoms with E-state index in [0.717, 1.165) is 13.1 Å². The summed E-state index contributed by atoms with van der Waals surface area (Å²) in [6, 6.07) is 10.4. The van der Waals surface area contributed by atoms with Crippen LogP contribution < -0.4 is 5.32 Å². The van der Waals surface area contributed by atoms with Crippen LogP contribution in [-0.4, -0.2) is 30.1 Å². The Bertz CT molecular complexity index is 390. The molecule has 2 nitrogen and oxygen atoms in total. The molecule has 0 spiro atoms. The molecular weight excluding hydrogens is 359 g/mol. The lowest BCUT2D eigenvalue weighted by Gasteiger charge is -2.40. The summed E-state index contributed by atoms with van der Waals surface area (Å²) in [5.41, 5.74) is 1.45. The van der Waals surface area contributed by atoms with E-state index in [4.69, 9.17) is 0 Å². The van der Waals surface area contributed by atoms with Crippen LogP contribution in [0.3, 0.4) is 0 Å². The van der Waals surface area contributed by atoms with E-state index in [0.29, 0.717) is 12.1 Å². The Balaban J connectivity index is 2.00.